The third kappa shape index (κ3) is 7.31. The summed E-state index contributed by atoms with van der Waals surface area (Å²) in [5.41, 5.74) is 2.19. The molecule has 1 aromatic heterocycles. The highest BCUT2D eigenvalue weighted by molar-refractivity contribution is 14.1. The normalized spacial score (nSPS) is 10.8. The second-order valence-corrected chi connectivity index (χ2v) is 7.36. The first-order valence-corrected chi connectivity index (χ1v) is 9.20. The van der Waals surface area contributed by atoms with Gasteiger partial charge < -0.3 is 17.3 Å². The van der Waals surface area contributed by atoms with Crippen molar-refractivity contribution in [2.75, 3.05) is 0 Å². The lowest BCUT2D eigenvalue weighted by Crippen LogP contribution is -2.02. The largest absolute Gasteiger partial charge is 0.673 e. The summed E-state index contributed by atoms with van der Waals surface area (Å²) in [6, 6.07) is 22.7. The molecule has 0 radical (unpaired) electrons. The molecule has 0 aliphatic rings. The van der Waals surface area contributed by atoms with E-state index in [-0.39, 0.29) is 0 Å². The molecule has 0 bridgehead atoms. The van der Waals surface area contributed by atoms with Crippen LogP contribution < -0.4 is 0 Å². The zero-order valence-corrected chi connectivity index (χ0v) is 16.9. The van der Waals surface area contributed by atoms with Crippen LogP contribution in [0.2, 0.25) is 0 Å². The number of benzene rings is 2. The molecule has 0 unspecified atom stereocenters. The van der Waals surface area contributed by atoms with Gasteiger partial charge in [-0.1, -0.05) is 0 Å². The highest BCUT2D eigenvalue weighted by Gasteiger charge is 2.20. The molecule has 0 N–H and O–H groups in total. The third-order valence-corrected chi connectivity index (χ3v) is 4.41. The van der Waals surface area contributed by atoms with Crippen molar-refractivity contribution in [1.82, 2.24) is 0 Å². The maximum absolute atomic E-state index is 9.75. The number of rotatable bonds is 2. The van der Waals surface area contributed by atoms with Crippen molar-refractivity contribution in [3.05, 3.63) is 73.9 Å². The molecule has 0 aliphatic carbocycles. The minimum Gasteiger partial charge on any atom is -0.418 e. The topological polar surface area (TPSA) is 11.3 Å². The zero-order valence-electron chi connectivity index (χ0n) is 12.6. The van der Waals surface area contributed by atoms with Gasteiger partial charge in [0.2, 0.25) is 0 Å². The van der Waals surface area contributed by atoms with E-state index in [1.54, 1.807) is 0 Å². The lowest BCUT2D eigenvalue weighted by molar-refractivity contribution is 0.368. The monoisotopic (exact) mass is 572 g/mol. The van der Waals surface area contributed by atoms with E-state index in [1.165, 1.54) is 7.14 Å². The van der Waals surface area contributed by atoms with Crippen molar-refractivity contribution in [2.45, 2.75) is 0 Å². The van der Waals surface area contributed by atoms with Gasteiger partial charge in [0.25, 0.3) is 0 Å². The van der Waals surface area contributed by atoms with Crippen molar-refractivity contribution < 1.29 is 21.7 Å². The minimum atomic E-state index is -6.00. The van der Waals surface area contributed by atoms with Gasteiger partial charge >= 0.3 is 18.8 Å². The molecule has 1 nitrogen and oxygen atoms in total. The van der Waals surface area contributed by atoms with Gasteiger partial charge in [-0.25, -0.2) is 4.42 Å². The van der Waals surface area contributed by atoms with E-state index >= 15 is 0 Å². The molecule has 2 aromatic carbocycles. The Balaban J connectivity index is 0.000000399. The van der Waals surface area contributed by atoms with Gasteiger partial charge in [-0.2, -0.15) is 0 Å². The highest BCUT2D eigenvalue weighted by atomic mass is 127. The van der Waals surface area contributed by atoms with Gasteiger partial charge in [0.15, 0.2) is 0 Å². The average molecular weight is 572 g/mol. The molecule has 0 fully saturated rings. The van der Waals surface area contributed by atoms with E-state index in [4.69, 9.17) is 4.42 Å². The van der Waals surface area contributed by atoms with E-state index < -0.39 is 7.25 Å². The first kappa shape index (κ1) is 20.2. The summed E-state index contributed by atoms with van der Waals surface area (Å²) in [4.78, 5) is 0. The van der Waals surface area contributed by atoms with Crippen molar-refractivity contribution in [2.24, 2.45) is 0 Å². The fraction of sp³-hybridized carbons (Fsp3) is 0. The molecular formula is C17H11BF4I2O. The summed E-state index contributed by atoms with van der Waals surface area (Å²) >= 11 is 4.61. The number of hydrogen-bond acceptors (Lipinski definition) is 0. The van der Waals surface area contributed by atoms with Crippen LogP contribution in [-0.4, -0.2) is 7.25 Å². The standard InChI is InChI=1S/C17H11I2O.BF4/c18-14-8-4-12(5-9-14)16-2-1-3-17(20-16)13-6-10-15(19)11-7-13;2-1(3,4)5/h1-11H;/q+1;-1. The first-order chi connectivity index (χ1) is 11.7. The predicted molar refractivity (Wildman–Crippen MR) is 110 cm³/mol. The molecule has 0 saturated heterocycles. The van der Waals surface area contributed by atoms with Gasteiger partial charge in [0, 0.05) is 19.3 Å². The molecule has 3 aromatic rings. The predicted octanol–water partition coefficient (Wildman–Crippen LogP) is 7.40. The summed E-state index contributed by atoms with van der Waals surface area (Å²) in [5.74, 6) is 1.77. The number of hydrogen-bond donors (Lipinski definition) is 0. The lowest BCUT2D eigenvalue weighted by atomic mass is 10.1. The average Bonchev–Trinajstić information content (AvgIpc) is 2.55. The summed E-state index contributed by atoms with van der Waals surface area (Å²) in [7, 11) is -6.00. The van der Waals surface area contributed by atoms with Crippen LogP contribution in [0.3, 0.4) is 0 Å². The maximum Gasteiger partial charge on any atom is 0.673 e. The smallest absolute Gasteiger partial charge is 0.418 e. The van der Waals surface area contributed by atoms with E-state index in [0.29, 0.717) is 0 Å². The minimum absolute atomic E-state index is 0.887. The summed E-state index contributed by atoms with van der Waals surface area (Å²) in [6.45, 7) is 0. The Morgan fingerprint density at radius 1 is 0.600 bits per heavy atom. The van der Waals surface area contributed by atoms with Crippen LogP contribution in [0.15, 0.2) is 71.1 Å². The Labute approximate surface area is 169 Å². The fourth-order valence-electron chi connectivity index (χ4n) is 1.95. The summed E-state index contributed by atoms with van der Waals surface area (Å²) in [6.07, 6.45) is 0. The molecule has 130 valence electrons. The van der Waals surface area contributed by atoms with Crippen molar-refractivity contribution >= 4 is 52.4 Å². The van der Waals surface area contributed by atoms with E-state index in [1.807, 2.05) is 18.2 Å². The molecule has 0 saturated carbocycles. The van der Waals surface area contributed by atoms with Gasteiger partial charge in [-0.15, -0.1) is 0 Å². The summed E-state index contributed by atoms with van der Waals surface area (Å²) in [5, 5.41) is 0. The number of halogens is 6. The molecule has 25 heavy (non-hydrogen) atoms. The molecule has 0 atom stereocenters. The van der Waals surface area contributed by atoms with Crippen LogP contribution >= 0.6 is 45.2 Å². The molecule has 8 heteroatoms. The fourth-order valence-corrected chi connectivity index (χ4v) is 2.67. The van der Waals surface area contributed by atoms with Gasteiger partial charge in [0.05, 0.1) is 11.1 Å². The van der Waals surface area contributed by atoms with E-state index in [2.05, 4.69) is 93.7 Å². The SMILES string of the molecule is F[B-](F)(F)F.Ic1ccc(-c2cccc(-c3ccc(I)cc3)[o+]2)cc1. The second-order valence-electron chi connectivity index (χ2n) is 4.87. The molecule has 3 rings (SSSR count). The van der Waals surface area contributed by atoms with Crippen LogP contribution in [0.5, 0.6) is 0 Å². The second kappa shape index (κ2) is 8.97. The van der Waals surface area contributed by atoms with Gasteiger partial charge in [-0.05, 0) is 99.8 Å². The van der Waals surface area contributed by atoms with Crippen LogP contribution in [0.1, 0.15) is 0 Å². The van der Waals surface area contributed by atoms with Crippen LogP contribution in [0.4, 0.5) is 17.3 Å². The molecule has 0 aliphatic heterocycles. The van der Waals surface area contributed by atoms with Crippen LogP contribution in [0.25, 0.3) is 22.6 Å². The Morgan fingerprint density at radius 2 is 0.920 bits per heavy atom. The van der Waals surface area contributed by atoms with E-state index in [9.17, 15) is 17.3 Å². The van der Waals surface area contributed by atoms with Gasteiger partial charge in [-0.3, -0.25) is 0 Å². The van der Waals surface area contributed by atoms with Crippen molar-refractivity contribution in [3.63, 3.8) is 0 Å². The Morgan fingerprint density at radius 3 is 1.24 bits per heavy atom. The van der Waals surface area contributed by atoms with Crippen LogP contribution in [0, 0.1) is 7.14 Å². The quantitative estimate of drug-likeness (QED) is 0.135. The molecule has 0 spiro atoms. The Bertz CT molecular complexity index is 755. The van der Waals surface area contributed by atoms with E-state index in [0.717, 1.165) is 22.6 Å². The van der Waals surface area contributed by atoms with Crippen molar-refractivity contribution in [1.29, 1.82) is 0 Å². The molecule has 0 amide bonds. The first-order valence-electron chi connectivity index (χ1n) is 7.05. The van der Waals surface area contributed by atoms with Crippen molar-refractivity contribution in [3.8, 4) is 22.6 Å². The van der Waals surface area contributed by atoms with Gasteiger partial charge in [0.1, 0.15) is 0 Å². The molecule has 1 heterocycles. The molecular weight excluding hydrogens is 561 g/mol. The third-order valence-electron chi connectivity index (χ3n) is 2.97. The Hall–Kier alpha value is -1.17. The maximum atomic E-state index is 9.75. The van der Waals surface area contributed by atoms with Crippen LogP contribution in [-0.2, 0) is 0 Å². The zero-order chi connectivity index (χ0) is 18.4. The highest BCUT2D eigenvalue weighted by Crippen LogP contribution is 2.27. The Kier molecular flexibility index (Phi) is 7.23. The summed E-state index contributed by atoms with van der Waals surface area (Å²) < 4.78 is 47.5. The lowest BCUT2D eigenvalue weighted by Gasteiger charge is -1.96.